The summed E-state index contributed by atoms with van der Waals surface area (Å²) in [5, 5.41) is 11.3. The van der Waals surface area contributed by atoms with E-state index in [-0.39, 0.29) is 18.7 Å². The van der Waals surface area contributed by atoms with Gasteiger partial charge in [-0.05, 0) is 20.3 Å². The average molecular weight is 280 g/mol. The highest BCUT2D eigenvalue weighted by atomic mass is 32.2. The van der Waals surface area contributed by atoms with Crippen LogP contribution in [0.5, 0.6) is 0 Å². The van der Waals surface area contributed by atoms with Crippen LogP contribution in [0.25, 0.3) is 0 Å². The molecule has 2 N–H and O–H groups in total. The van der Waals surface area contributed by atoms with Crippen molar-refractivity contribution in [2.24, 2.45) is 0 Å². The first-order valence-corrected chi connectivity index (χ1v) is 7.18. The molecular formula is C10H20N2O5S. The molecular weight excluding hydrogens is 260 g/mol. The summed E-state index contributed by atoms with van der Waals surface area (Å²) in [6.07, 6.45) is 0.207. The van der Waals surface area contributed by atoms with Crippen molar-refractivity contribution >= 4 is 21.9 Å². The highest BCUT2D eigenvalue weighted by Gasteiger charge is 2.33. The molecule has 1 unspecified atom stereocenters. The van der Waals surface area contributed by atoms with Crippen LogP contribution in [0.2, 0.25) is 0 Å². The van der Waals surface area contributed by atoms with Gasteiger partial charge in [0.15, 0.2) is 0 Å². The van der Waals surface area contributed by atoms with Gasteiger partial charge < -0.3 is 10.4 Å². The van der Waals surface area contributed by atoms with E-state index in [4.69, 9.17) is 5.11 Å². The lowest BCUT2D eigenvalue weighted by molar-refractivity contribution is -0.147. The molecule has 8 heteroatoms. The van der Waals surface area contributed by atoms with Crippen molar-refractivity contribution in [1.82, 2.24) is 9.62 Å². The molecule has 1 atom stereocenters. The van der Waals surface area contributed by atoms with Gasteiger partial charge in [0.1, 0.15) is 5.54 Å². The molecule has 1 amide bonds. The molecule has 18 heavy (non-hydrogen) atoms. The van der Waals surface area contributed by atoms with E-state index in [1.165, 1.54) is 20.9 Å². The Hall–Kier alpha value is -1.15. The predicted octanol–water partition coefficient (Wildman–Crippen LogP) is -0.363. The van der Waals surface area contributed by atoms with Crippen LogP contribution in [-0.4, -0.2) is 54.6 Å². The number of likely N-dealkylation sites (N-methyl/N-ethyl adjacent to an activating group) is 1. The number of sulfonamides is 1. The van der Waals surface area contributed by atoms with E-state index in [1.54, 1.807) is 6.92 Å². The Balaban J connectivity index is 4.68. The summed E-state index contributed by atoms with van der Waals surface area (Å²) in [7, 11) is -2.17. The molecule has 0 aromatic rings. The molecule has 0 bridgehead atoms. The number of carbonyl (C=O) groups is 2. The zero-order valence-electron chi connectivity index (χ0n) is 11.1. The van der Waals surface area contributed by atoms with E-state index in [2.05, 4.69) is 5.32 Å². The summed E-state index contributed by atoms with van der Waals surface area (Å²) in [4.78, 5) is 22.6. The van der Waals surface area contributed by atoms with Crippen molar-refractivity contribution in [2.75, 3.05) is 19.3 Å². The zero-order valence-corrected chi connectivity index (χ0v) is 11.9. The second kappa shape index (κ2) is 6.14. The smallest absolute Gasteiger partial charge is 0.329 e. The summed E-state index contributed by atoms with van der Waals surface area (Å²) in [6, 6.07) is 0. The minimum Gasteiger partial charge on any atom is -0.480 e. The minimum atomic E-state index is -3.45. The summed E-state index contributed by atoms with van der Waals surface area (Å²) >= 11 is 0. The molecule has 0 rings (SSSR count). The van der Waals surface area contributed by atoms with Crippen molar-refractivity contribution in [3.8, 4) is 0 Å². The van der Waals surface area contributed by atoms with E-state index in [0.717, 1.165) is 4.31 Å². The Morgan fingerprint density at radius 2 is 1.83 bits per heavy atom. The van der Waals surface area contributed by atoms with Gasteiger partial charge in [-0.3, -0.25) is 4.79 Å². The number of carbonyl (C=O) groups excluding carboxylic acids is 1. The largest absolute Gasteiger partial charge is 0.480 e. The topological polar surface area (TPSA) is 104 Å². The maximum atomic E-state index is 11.6. The predicted molar refractivity (Wildman–Crippen MR) is 66.6 cm³/mol. The van der Waals surface area contributed by atoms with Gasteiger partial charge in [-0.15, -0.1) is 0 Å². The molecule has 0 aliphatic heterocycles. The lowest BCUT2D eigenvalue weighted by Gasteiger charge is -2.25. The standard InChI is InChI=1S/C10H20N2O5S/c1-5-10(3,9(14)15)11-8(13)7-12(4)18(16,17)6-2/h5-7H2,1-4H3,(H,11,13)(H,14,15). The van der Waals surface area contributed by atoms with Crippen LogP contribution < -0.4 is 5.32 Å². The van der Waals surface area contributed by atoms with E-state index in [9.17, 15) is 18.0 Å². The third-order valence-electron chi connectivity index (χ3n) is 2.80. The molecule has 0 saturated heterocycles. The highest BCUT2D eigenvalue weighted by Crippen LogP contribution is 2.09. The van der Waals surface area contributed by atoms with Gasteiger partial charge in [0.05, 0.1) is 12.3 Å². The van der Waals surface area contributed by atoms with Crippen LogP contribution in [0, 0.1) is 0 Å². The van der Waals surface area contributed by atoms with Crippen molar-refractivity contribution < 1.29 is 23.1 Å². The molecule has 0 aliphatic rings. The summed E-state index contributed by atoms with van der Waals surface area (Å²) in [5.74, 6) is -1.90. The fourth-order valence-electron chi connectivity index (χ4n) is 1.16. The van der Waals surface area contributed by atoms with Gasteiger partial charge in [0.25, 0.3) is 0 Å². The van der Waals surface area contributed by atoms with Crippen molar-refractivity contribution in [3.05, 3.63) is 0 Å². The van der Waals surface area contributed by atoms with Crippen LogP contribution >= 0.6 is 0 Å². The van der Waals surface area contributed by atoms with Gasteiger partial charge in [0.2, 0.25) is 15.9 Å². The molecule has 0 aliphatic carbocycles. The van der Waals surface area contributed by atoms with Crippen molar-refractivity contribution in [3.63, 3.8) is 0 Å². The maximum absolute atomic E-state index is 11.6. The first-order chi connectivity index (χ1) is 8.09. The van der Waals surface area contributed by atoms with Crippen LogP contribution in [0.15, 0.2) is 0 Å². The molecule has 0 spiro atoms. The van der Waals surface area contributed by atoms with Gasteiger partial charge in [-0.1, -0.05) is 6.92 Å². The number of aliphatic carboxylic acids is 1. The number of carboxylic acids is 1. The van der Waals surface area contributed by atoms with Crippen molar-refractivity contribution in [1.29, 1.82) is 0 Å². The van der Waals surface area contributed by atoms with Crippen molar-refractivity contribution in [2.45, 2.75) is 32.7 Å². The van der Waals surface area contributed by atoms with Gasteiger partial charge in [-0.2, -0.15) is 4.31 Å². The molecule has 106 valence electrons. The minimum absolute atomic E-state index is 0.110. The number of nitrogens with one attached hydrogen (secondary N) is 1. The number of carboxylic acid groups (broad SMARTS) is 1. The SMILES string of the molecule is CCC(C)(NC(=O)CN(C)S(=O)(=O)CC)C(=O)O. The monoisotopic (exact) mass is 280 g/mol. The van der Waals surface area contributed by atoms with E-state index in [1.807, 2.05) is 0 Å². The van der Waals surface area contributed by atoms with Crippen LogP contribution in [-0.2, 0) is 19.6 Å². The highest BCUT2D eigenvalue weighted by molar-refractivity contribution is 7.89. The number of amides is 1. The lowest BCUT2D eigenvalue weighted by Crippen LogP contribution is -2.54. The molecule has 7 nitrogen and oxygen atoms in total. The molecule has 0 heterocycles. The second-order valence-electron chi connectivity index (χ2n) is 4.20. The molecule has 0 aromatic heterocycles. The van der Waals surface area contributed by atoms with E-state index in [0.29, 0.717) is 0 Å². The number of hydrogen-bond donors (Lipinski definition) is 2. The van der Waals surface area contributed by atoms with Crippen LogP contribution in [0.4, 0.5) is 0 Å². The average Bonchev–Trinajstić information content (AvgIpc) is 2.28. The molecule has 0 radical (unpaired) electrons. The second-order valence-corrected chi connectivity index (χ2v) is 6.56. The van der Waals surface area contributed by atoms with E-state index < -0.39 is 27.4 Å². The Morgan fingerprint density at radius 1 is 1.33 bits per heavy atom. The Labute approximate surface area is 107 Å². The number of hydrogen-bond acceptors (Lipinski definition) is 4. The lowest BCUT2D eigenvalue weighted by atomic mass is 9.99. The van der Waals surface area contributed by atoms with Crippen LogP contribution in [0.1, 0.15) is 27.2 Å². The molecule has 0 fully saturated rings. The fraction of sp³-hybridized carbons (Fsp3) is 0.800. The number of nitrogens with zero attached hydrogens (tertiary/aromatic N) is 1. The Bertz CT molecular complexity index is 420. The van der Waals surface area contributed by atoms with Gasteiger partial charge >= 0.3 is 5.97 Å². The maximum Gasteiger partial charge on any atom is 0.329 e. The van der Waals surface area contributed by atoms with E-state index >= 15 is 0 Å². The Kier molecular flexibility index (Phi) is 5.75. The first kappa shape index (κ1) is 16.9. The third-order valence-corrected chi connectivity index (χ3v) is 4.61. The first-order valence-electron chi connectivity index (χ1n) is 5.57. The zero-order chi connectivity index (χ0) is 14.6. The summed E-state index contributed by atoms with van der Waals surface area (Å²) < 4.78 is 23.8. The molecule has 0 aromatic carbocycles. The normalized spacial score (nSPS) is 15.2. The quantitative estimate of drug-likeness (QED) is 0.662. The molecule has 0 saturated carbocycles. The Morgan fingerprint density at radius 3 is 2.17 bits per heavy atom. The fourth-order valence-corrected chi connectivity index (χ4v) is 1.92. The third kappa shape index (κ3) is 4.26. The van der Waals surface area contributed by atoms with Gasteiger partial charge in [0, 0.05) is 7.05 Å². The number of rotatable bonds is 7. The van der Waals surface area contributed by atoms with Gasteiger partial charge in [-0.25, -0.2) is 13.2 Å². The summed E-state index contributed by atoms with van der Waals surface area (Å²) in [5.41, 5.74) is -1.38. The van der Waals surface area contributed by atoms with Crippen LogP contribution in [0.3, 0.4) is 0 Å². The summed E-state index contributed by atoms with van der Waals surface area (Å²) in [6.45, 7) is 4.08.